The lowest BCUT2D eigenvalue weighted by Gasteiger charge is -2.17. The molecule has 0 radical (unpaired) electrons. The summed E-state index contributed by atoms with van der Waals surface area (Å²) in [7, 11) is 1.19. The minimum atomic E-state index is -4.29. The first-order valence-electron chi connectivity index (χ1n) is 4.76. The van der Waals surface area contributed by atoms with Gasteiger partial charge in [-0.25, -0.2) is 0 Å². The maximum absolute atomic E-state index is 11.9. The first-order chi connectivity index (χ1) is 7.33. The van der Waals surface area contributed by atoms with Gasteiger partial charge >= 0.3 is 12.1 Å². The van der Waals surface area contributed by atoms with Gasteiger partial charge in [-0.05, 0) is 0 Å². The summed E-state index contributed by atoms with van der Waals surface area (Å²) in [6, 6.07) is 0. The van der Waals surface area contributed by atoms with Crippen LogP contribution in [0.25, 0.3) is 0 Å². The first-order valence-corrected chi connectivity index (χ1v) is 4.76. The van der Waals surface area contributed by atoms with Crippen molar-refractivity contribution in [2.24, 2.45) is 5.92 Å². The monoisotopic (exact) mass is 239 g/mol. The second-order valence-electron chi connectivity index (χ2n) is 3.63. The highest BCUT2D eigenvalue weighted by atomic mass is 19.4. The lowest BCUT2D eigenvalue weighted by molar-refractivity contribution is -0.145. The summed E-state index contributed by atoms with van der Waals surface area (Å²) in [6.45, 7) is -0.378. The Labute approximate surface area is 90.3 Å². The Bertz CT molecular complexity index is 290. The second-order valence-corrected chi connectivity index (χ2v) is 3.63. The predicted octanol–water partition coefficient (Wildman–Crippen LogP) is 0.960. The van der Waals surface area contributed by atoms with E-state index in [0.29, 0.717) is 0 Å². The van der Waals surface area contributed by atoms with Crippen LogP contribution in [-0.2, 0) is 14.3 Å². The van der Waals surface area contributed by atoms with Crippen LogP contribution in [0.5, 0.6) is 0 Å². The van der Waals surface area contributed by atoms with Crippen LogP contribution in [-0.4, -0.2) is 43.2 Å². The molecule has 4 nitrogen and oxygen atoms in total. The van der Waals surface area contributed by atoms with Crippen LogP contribution < -0.4 is 0 Å². The molecule has 0 aliphatic carbocycles. The van der Waals surface area contributed by atoms with Crippen LogP contribution in [0.15, 0.2) is 0 Å². The predicted molar refractivity (Wildman–Crippen MR) is 47.4 cm³/mol. The molecule has 1 aliphatic rings. The maximum Gasteiger partial charge on any atom is 0.390 e. The van der Waals surface area contributed by atoms with Crippen LogP contribution >= 0.6 is 0 Å². The summed E-state index contributed by atoms with van der Waals surface area (Å²) in [5.74, 6) is -1.62. The van der Waals surface area contributed by atoms with Gasteiger partial charge in [0.15, 0.2) is 0 Å². The average molecular weight is 239 g/mol. The van der Waals surface area contributed by atoms with Crippen molar-refractivity contribution in [1.82, 2.24) is 4.90 Å². The zero-order chi connectivity index (χ0) is 12.3. The van der Waals surface area contributed by atoms with Gasteiger partial charge in [0.05, 0.1) is 19.4 Å². The van der Waals surface area contributed by atoms with Crippen molar-refractivity contribution in [2.45, 2.75) is 19.0 Å². The highest BCUT2D eigenvalue weighted by Crippen LogP contribution is 2.24. The van der Waals surface area contributed by atoms with Gasteiger partial charge in [0.2, 0.25) is 5.91 Å². The smallest absolute Gasteiger partial charge is 0.390 e. The topological polar surface area (TPSA) is 46.6 Å². The molecule has 1 aliphatic heterocycles. The third kappa shape index (κ3) is 3.39. The molecule has 0 N–H and O–H groups in total. The number of methoxy groups -OCH3 is 1. The van der Waals surface area contributed by atoms with Crippen molar-refractivity contribution in [2.75, 3.05) is 20.2 Å². The molecule has 92 valence electrons. The third-order valence-corrected chi connectivity index (χ3v) is 2.41. The molecular weight excluding hydrogens is 227 g/mol. The van der Waals surface area contributed by atoms with E-state index in [1.165, 1.54) is 7.11 Å². The Morgan fingerprint density at radius 2 is 2.19 bits per heavy atom. The highest BCUT2D eigenvalue weighted by Gasteiger charge is 2.37. The molecule has 0 saturated carbocycles. The molecular formula is C9H12F3NO3. The highest BCUT2D eigenvalue weighted by molar-refractivity contribution is 5.86. The Hall–Kier alpha value is -1.27. The Morgan fingerprint density at radius 3 is 2.69 bits per heavy atom. The molecule has 7 heteroatoms. The number of halogens is 3. The van der Waals surface area contributed by atoms with Gasteiger partial charge in [-0.15, -0.1) is 0 Å². The molecule has 0 spiro atoms. The molecule has 1 rings (SSSR count). The molecule has 1 heterocycles. The lowest BCUT2D eigenvalue weighted by Crippen LogP contribution is -2.30. The molecule has 1 saturated heterocycles. The summed E-state index contributed by atoms with van der Waals surface area (Å²) < 4.78 is 40.2. The molecule has 16 heavy (non-hydrogen) atoms. The Kier molecular flexibility index (Phi) is 3.77. The molecule has 1 amide bonds. The van der Waals surface area contributed by atoms with E-state index >= 15 is 0 Å². The van der Waals surface area contributed by atoms with Crippen LogP contribution in [0.1, 0.15) is 12.8 Å². The van der Waals surface area contributed by atoms with Crippen molar-refractivity contribution in [3.8, 4) is 0 Å². The number of nitrogens with zero attached hydrogens (tertiary/aromatic N) is 1. The van der Waals surface area contributed by atoms with Crippen molar-refractivity contribution >= 4 is 11.9 Å². The Balaban J connectivity index is 2.46. The fourth-order valence-corrected chi connectivity index (χ4v) is 1.57. The van der Waals surface area contributed by atoms with E-state index in [2.05, 4.69) is 4.74 Å². The minimum absolute atomic E-state index is 0.0155. The van der Waals surface area contributed by atoms with E-state index in [1.54, 1.807) is 0 Å². The van der Waals surface area contributed by atoms with E-state index < -0.39 is 36.9 Å². The fraction of sp³-hybridized carbons (Fsp3) is 0.778. The van der Waals surface area contributed by atoms with Crippen LogP contribution in [0, 0.1) is 5.92 Å². The molecule has 0 bridgehead atoms. The van der Waals surface area contributed by atoms with E-state index in [-0.39, 0.29) is 13.0 Å². The fourth-order valence-electron chi connectivity index (χ4n) is 1.57. The molecule has 1 unspecified atom stereocenters. The Morgan fingerprint density at radius 1 is 1.56 bits per heavy atom. The van der Waals surface area contributed by atoms with E-state index in [0.717, 1.165) is 4.90 Å². The van der Waals surface area contributed by atoms with Gasteiger partial charge in [0.25, 0.3) is 0 Å². The van der Waals surface area contributed by atoms with E-state index in [4.69, 9.17) is 0 Å². The van der Waals surface area contributed by atoms with Crippen molar-refractivity contribution in [3.05, 3.63) is 0 Å². The summed E-state index contributed by atoms with van der Waals surface area (Å²) in [4.78, 5) is 23.4. The summed E-state index contributed by atoms with van der Waals surface area (Å²) in [5, 5.41) is 0. The molecule has 1 atom stereocenters. The van der Waals surface area contributed by atoms with Crippen LogP contribution in [0.3, 0.4) is 0 Å². The van der Waals surface area contributed by atoms with E-state index in [9.17, 15) is 22.8 Å². The number of likely N-dealkylation sites (tertiary alicyclic amines) is 1. The molecule has 0 aromatic rings. The molecule has 1 fully saturated rings. The van der Waals surface area contributed by atoms with Crippen molar-refractivity contribution in [3.63, 3.8) is 0 Å². The summed E-state index contributed by atoms with van der Waals surface area (Å²) in [6.07, 6.45) is -5.40. The zero-order valence-corrected chi connectivity index (χ0v) is 8.71. The number of hydrogen-bond donors (Lipinski definition) is 0. The molecule has 0 aromatic carbocycles. The van der Waals surface area contributed by atoms with Crippen LogP contribution in [0.4, 0.5) is 13.2 Å². The third-order valence-electron chi connectivity index (χ3n) is 2.41. The SMILES string of the molecule is COC(=O)C1CC(=O)N(CCC(F)(F)F)C1. The van der Waals surface area contributed by atoms with Crippen molar-refractivity contribution in [1.29, 1.82) is 0 Å². The van der Waals surface area contributed by atoms with Gasteiger partial charge in [0, 0.05) is 19.5 Å². The van der Waals surface area contributed by atoms with Crippen molar-refractivity contribution < 1.29 is 27.5 Å². The van der Waals surface area contributed by atoms with E-state index in [1.807, 2.05) is 0 Å². The largest absolute Gasteiger partial charge is 0.469 e. The lowest BCUT2D eigenvalue weighted by atomic mass is 10.1. The maximum atomic E-state index is 11.9. The van der Waals surface area contributed by atoms with Gasteiger partial charge < -0.3 is 9.64 Å². The quantitative estimate of drug-likeness (QED) is 0.689. The number of amides is 1. The van der Waals surface area contributed by atoms with Gasteiger partial charge in [0.1, 0.15) is 0 Å². The number of ether oxygens (including phenoxy) is 1. The van der Waals surface area contributed by atoms with Crippen LogP contribution in [0.2, 0.25) is 0 Å². The summed E-state index contributed by atoms with van der Waals surface area (Å²) >= 11 is 0. The average Bonchev–Trinajstić information content (AvgIpc) is 2.54. The van der Waals surface area contributed by atoms with Gasteiger partial charge in [-0.3, -0.25) is 9.59 Å². The van der Waals surface area contributed by atoms with Gasteiger partial charge in [-0.2, -0.15) is 13.2 Å². The normalized spacial score (nSPS) is 21.4. The number of carbonyl (C=O) groups is 2. The molecule has 0 aromatic heterocycles. The zero-order valence-electron chi connectivity index (χ0n) is 8.71. The minimum Gasteiger partial charge on any atom is -0.469 e. The first kappa shape index (κ1) is 12.8. The number of rotatable bonds is 3. The number of esters is 1. The number of hydrogen-bond acceptors (Lipinski definition) is 3. The second kappa shape index (κ2) is 4.71. The standard InChI is InChI=1S/C9H12F3NO3/c1-16-8(15)6-4-7(14)13(5-6)3-2-9(10,11)12/h6H,2-5H2,1H3. The van der Waals surface area contributed by atoms with Gasteiger partial charge in [-0.1, -0.05) is 0 Å². The summed E-state index contributed by atoms with van der Waals surface area (Å²) in [5.41, 5.74) is 0. The number of carbonyl (C=O) groups excluding carboxylic acids is 2. The number of alkyl halides is 3.